The fourth-order valence-electron chi connectivity index (χ4n) is 3.30. The summed E-state index contributed by atoms with van der Waals surface area (Å²) in [7, 11) is 0. The molecule has 150 valence electrons. The number of rotatable bonds is 5. The molecule has 3 aromatic rings. The van der Waals surface area contributed by atoms with Gasteiger partial charge in [-0.3, -0.25) is 4.79 Å². The first-order valence-corrected chi connectivity index (χ1v) is 10.1. The lowest BCUT2D eigenvalue weighted by Crippen LogP contribution is -2.38. The zero-order chi connectivity index (χ0) is 20.2. The van der Waals surface area contributed by atoms with Gasteiger partial charge in [-0.05, 0) is 36.6 Å². The second-order valence-electron chi connectivity index (χ2n) is 6.86. The molecule has 9 heteroatoms. The maximum atomic E-state index is 13.3. The molecule has 0 atom stereocenters. The van der Waals surface area contributed by atoms with Gasteiger partial charge in [0.25, 0.3) is 0 Å². The maximum Gasteiger partial charge on any atom is 0.229 e. The first kappa shape index (κ1) is 19.4. The van der Waals surface area contributed by atoms with E-state index in [4.69, 9.17) is 0 Å². The summed E-state index contributed by atoms with van der Waals surface area (Å²) in [6, 6.07) is 5.61. The molecule has 1 aliphatic heterocycles. The van der Waals surface area contributed by atoms with Crippen molar-refractivity contribution in [2.24, 2.45) is 5.92 Å². The van der Waals surface area contributed by atoms with Crippen molar-refractivity contribution in [1.82, 2.24) is 15.0 Å². The molecule has 0 bridgehead atoms. The van der Waals surface area contributed by atoms with Crippen LogP contribution in [0.15, 0.2) is 42.9 Å². The molecule has 1 amide bonds. The van der Waals surface area contributed by atoms with Crippen LogP contribution in [0.2, 0.25) is 0 Å². The fourth-order valence-corrected chi connectivity index (χ4v) is 4.15. The summed E-state index contributed by atoms with van der Waals surface area (Å²) in [5.74, 6) is -1.18. The fraction of sp³-hybridized carbons (Fsp3) is 0.300. The number of halogens is 2. The van der Waals surface area contributed by atoms with Crippen LogP contribution in [-0.4, -0.2) is 33.9 Å². The molecular weight excluding hydrogens is 396 g/mol. The molecule has 0 saturated carbocycles. The summed E-state index contributed by atoms with van der Waals surface area (Å²) in [5.41, 5.74) is 0.654. The summed E-state index contributed by atoms with van der Waals surface area (Å²) in [5, 5.41) is 3.39. The topological polar surface area (TPSA) is 71.0 Å². The van der Waals surface area contributed by atoms with E-state index in [2.05, 4.69) is 25.2 Å². The van der Waals surface area contributed by atoms with Crippen LogP contribution in [-0.2, 0) is 11.2 Å². The average Bonchev–Trinajstić information content (AvgIpc) is 3.18. The molecule has 1 aliphatic rings. The molecule has 1 aromatic carbocycles. The van der Waals surface area contributed by atoms with E-state index in [1.807, 2.05) is 0 Å². The van der Waals surface area contributed by atoms with E-state index in [1.165, 1.54) is 17.4 Å². The van der Waals surface area contributed by atoms with Crippen molar-refractivity contribution in [3.05, 3.63) is 64.9 Å². The second kappa shape index (κ2) is 8.60. The Kier molecular flexibility index (Phi) is 5.75. The summed E-state index contributed by atoms with van der Waals surface area (Å²) in [6.45, 7) is 1.45. The minimum Gasteiger partial charge on any atom is -0.341 e. The third kappa shape index (κ3) is 4.73. The second-order valence-corrected chi connectivity index (χ2v) is 7.97. The van der Waals surface area contributed by atoms with Gasteiger partial charge in [0, 0.05) is 48.9 Å². The first-order chi connectivity index (χ1) is 14.1. The van der Waals surface area contributed by atoms with E-state index in [9.17, 15) is 13.6 Å². The summed E-state index contributed by atoms with van der Waals surface area (Å²) in [6.07, 6.45) is 6.94. The van der Waals surface area contributed by atoms with E-state index >= 15 is 0 Å². The van der Waals surface area contributed by atoms with Gasteiger partial charge < -0.3 is 10.2 Å². The predicted octanol–water partition coefficient (Wildman–Crippen LogP) is 3.66. The Bertz CT molecular complexity index is 990. The zero-order valence-corrected chi connectivity index (χ0v) is 16.3. The molecule has 6 nitrogen and oxygen atoms in total. The monoisotopic (exact) mass is 415 g/mol. The Hall–Kier alpha value is -2.94. The minimum atomic E-state index is -0.868. The average molecular weight is 415 g/mol. The number of carbonyl (C=O) groups excluding carboxylic acids is 1. The van der Waals surface area contributed by atoms with Crippen LogP contribution in [0.25, 0.3) is 0 Å². The normalized spacial score (nSPS) is 14.8. The molecular formula is C20H19F2N5OS. The smallest absolute Gasteiger partial charge is 0.229 e. The van der Waals surface area contributed by atoms with Gasteiger partial charge in [-0.1, -0.05) is 6.07 Å². The minimum absolute atomic E-state index is 0.0487. The molecule has 0 unspecified atom stereocenters. The van der Waals surface area contributed by atoms with Gasteiger partial charge in [0.2, 0.25) is 11.9 Å². The number of aromatic nitrogens is 3. The summed E-state index contributed by atoms with van der Waals surface area (Å²) >= 11 is 1.34. The van der Waals surface area contributed by atoms with Crippen molar-refractivity contribution >= 4 is 28.3 Å². The van der Waals surface area contributed by atoms with Gasteiger partial charge in [-0.25, -0.2) is 23.7 Å². The number of nitrogens with one attached hydrogen (secondary N) is 1. The van der Waals surface area contributed by atoms with Crippen LogP contribution >= 0.6 is 11.3 Å². The van der Waals surface area contributed by atoms with E-state index in [0.29, 0.717) is 23.1 Å². The van der Waals surface area contributed by atoms with Crippen molar-refractivity contribution in [2.45, 2.75) is 19.3 Å². The van der Waals surface area contributed by atoms with Crippen molar-refractivity contribution in [3.8, 4) is 0 Å². The van der Waals surface area contributed by atoms with Gasteiger partial charge in [-0.2, -0.15) is 0 Å². The Balaban J connectivity index is 1.31. The zero-order valence-electron chi connectivity index (χ0n) is 15.5. The highest BCUT2D eigenvalue weighted by atomic mass is 32.1. The third-order valence-corrected chi connectivity index (χ3v) is 5.76. The molecule has 4 rings (SSSR count). The lowest BCUT2D eigenvalue weighted by atomic mass is 9.96. The van der Waals surface area contributed by atoms with Crippen LogP contribution in [0.3, 0.4) is 0 Å². The highest BCUT2D eigenvalue weighted by Crippen LogP contribution is 2.25. The van der Waals surface area contributed by atoms with Gasteiger partial charge in [0.15, 0.2) is 16.8 Å². The lowest BCUT2D eigenvalue weighted by molar-refractivity contribution is -0.120. The molecule has 1 fully saturated rings. The Morgan fingerprint density at radius 1 is 1.14 bits per heavy atom. The molecule has 0 aliphatic carbocycles. The van der Waals surface area contributed by atoms with Crippen LogP contribution in [0.5, 0.6) is 0 Å². The predicted molar refractivity (Wildman–Crippen MR) is 107 cm³/mol. The summed E-state index contributed by atoms with van der Waals surface area (Å²) < 4.78 is 26.4. The number of amides is 1. The Labute approximate surface area is 170 Å². The van der Waals surface area contributed by atoms with Crippen LogP contribution in [0, 0.1) is 17.6 Å². The summed E-state index contributed by atoms with van der Waals surface area (Å²) in [4.78, 5) is 28.3. The standard InChI is InChI=1S/C20H19F2N5OS/c21-16-3-2-13(11-17(16)22)10-15-12-25-20(29-15)26-18(28)14-4-8-27(9-5-14)19-23-6-1-7-24-19/h1-3,6-7,11-12,14H,4-5,8-10H2,(H,25,26,28). The van der Waals surface area contributed by atoms with Crippen LogP contribution in [0.4, 0.5) is 19.9 Å². The molecule has 1 N–H and O–H groups in total. The third-order valence-electron chi connectivity index (χ3n) is 4.85. The van der Waals surface area contributed by atoms with E-state index in [1.54, 1.807) is 30.7 Å². The van der Waals surface area contributed by atoms with Gasteiger partial charge >= 0.3 is 0 Å². The maximum absolute atomic E-state index is 13.3. The van der Waals surface area contributed by atoms with Crippen molar-refractivity contribution in [2.75, 3.05) is 23.3 Å². The van der Waals surface area contributed by atoms with Crippen molar-refractivity contribution < 1.29 is 13.6 Å². The number of anilines is 2. The Morgan fingerprint density at radius 2 is 1.90 bits per heavy atom. The molecule has 0 spiro atoms. The first-order valence-electron chi connectivity index (χ1n) is 9.30. The van der Waals surface area contributed by atoms with Crippen LogP contribution < -0.4 is 10.2 Å². The van der Waals surface area contributed by atoms with Crippen molar-refractivity contribution in [3.63, 3.8) is 0 Å². The number of hydrogen-bond donors (Lipinski definition) is 1. The highest BCUT2D eigenvalue weighted by Gasteiger charge is 2.26. The number of thiazole rings is 1. The number of nitrogens with zero attached hydrogens (tertiary/aromatic N) is 4. The number of piperidine rings is 1. The number of carbonyl (C=O) groups is 1. The SMILES string of the molecule is O=C(Nc1ncc(Cc2ccc(F)c(F)c2)s1)C1CCN(c2ncccn2)CC1. The van der Waals surface area contributed by atoms with Crippen LogP contribution in [0.1, 0.15) is 23.3 Å². The number of benzene rings is 1. The lowest BCUT2D eigenvalue weighted by Gasteiger charge is -2.30. The van der Waals surface area contributed by atoms with E-state index in [-0.39, 0.29) is 11.8 Å². The molecule has 0 radical (unpaired) electrons. The largest absolute Gasteiger partial charge is 0.341 e. The number of hydrogen-bond acceptors (Lipinski definition) is 6. The van der Waals surface area contributed by atoms with E-state index < -0.39 is 11.6 Å². The van der Waals surface area contributed by atoms with Gasteiger partial charge in [-0.15, -0.1) is 11.3 Å². The highest BCUT2D eigenvalue weighted by molar-refractivity contribution is 7.15. The van der Waals surface area contributed by atoms with Gasteiger partial charge in [0.1, 0.15) is 0 Å². The molecule has 3 heterocycles. The van der Waals surface area contributed by atoms with Gasteiger partial charge in [0.05, 0.1) is 0 Å². The Morgan fingerprint density at radius 3 is 2.62 bits per heavy atom. The van der Waals surface area contributed by atoms with Crippen molar-refractivity contribution in [1.29, 1.82) is 0 Å². The quantitative estimate of drug-likeness (QED) is 0.689. The molecule has 2 aromatic heterocycles. The molecule has 29 heavy (non-hydrogen) atoms. The van der Waals surface area contributed by atoms with E-state index in [0.717, 1.165) is 36.9 Å². The molecule has 1 saturated heterocycles.